The molecular formula is C10H9N3O. The van der Waals surface area contributed by atoms with Crippen molar-refractivity contribution in [3.05, 3.63) is 37.2 Å². The number of aromatic nitrogens is 3. The highest BCUT2D eigenvalue weighted by Gasteiger charge is 1.99. The normalized spacial score (nSPS) is 10.0. The topological polar surface area (TPSA) is 47.9 Å². The third-order valence-electron chi connectivity index (χ3n) is 1.64. The molecule has 0 aromatic carbocycles. The number of rotatable bonds is 3. The Kier molecular flexibility index (Phi) is 2.36. The van der Waals surface area contributed by atoms with Gasteiger partial charge >= 0.3 is 0 Å². The second-order valence-electron chi connectivity index (χ2n) is 2.65. The molecule has 0 spiro atoms. The zero-order chi connectivity index (χ0) is 9.80. The molecule has 14 heavy (non-hydrogen) atoms. The summed E-state index contributed by atoms with van der Waals surface area (Å²) in [5.74, 6) is 0.491. The Hall–Kier alpha value is -1.97. The Bertz CT molecular complexity index is 456. The lowest BCUT2D eigenvalue weighted by atomic mass is 10.4. The van der Waals surface area contributed by atoms with Gasteiger partial charge in [-0.25, -0.2) is 15.0 Å². The molecule has 0 fully saturated rings. The minimum atomic E-state index is 0.431. The van der Waals surface area contributed by atoms with E-state index in [4.69, 9.17) is 4.74 Å². The lowest BCUT2D eigenvalue weighted by molar-refractivity contribution is 0.348. The van der Waals surface area contributed by atoms with Crippen LogP contribution in [0.1, 0.15) is 0 Å². The van der Waals surface area contributed by atoms with E-state index in [9.17, 15) is 0 Å². The van der Waals surface area contributed by atoms with Gasteiger partial charge in [-0.05, 0) is 12.1 Å². The predicted molar refractivity (Wildman–Crippen MR) is 53.0 cm³/mol. The fraction of sp³-hybridized carbons (Fsp3) is 0.100. The van der Waals surface area contributed by atoms with Gasteiger partial charge in [0.1, 0.15) is 12.1 Å². The Balaban J connectivity index is 2.36. The van der Waals surface area contributed by atoms with E-state index in [1.54, 1.807) is 18.5 Å². The number of hydrogen-bond acceptors (Lipinski definition) is 4. The molecule has 0 aliphatic carbocycles. The van der Waals surface area contributed by atoms with E-state index >= 15 is 0 Å². The van der Waals surface area contributed by atoms with Gasteiger partial charge in [-0.1, -0.05) is 12.7 Å². The van der Waals surface area contributed by atoms with Gasteiger partial charge in [-0.3, -0.25) is 0 Å². The molecule has 70 valence electrons. The molecule has 0 aliphatic heterocycles. The fourth-order valence-corrected chi connectivity index (χ4v) is 1.05. The first-order valence-electron chi connectivity index (χ1n) is 4.21. The summed E-state index contributed by atoms with van der Waals surface area (Å²) in [6.07, 6.45) is 4.90. The summed E-state index contributed by atoms with van der Waals surface area (Å²) < 4.78 is 5.24. The molecule has 0 radical (unpaired) electrons. The summed E-state index contributed by atoms with van der Waals surface area (Å²) in [5.41, 5.74) is 1.35. The van der Waals surface area contributed by atoms with Crippen molar-refractivity contribution >= 4 is 11.2 Å². The van der Waals surface area contributed by atoms with Crippen molar-refractivity contribution in [2.24, 2.45) is 0 Å². The van der Waals surface area contributed by atoms with Crippen molar-refractivity contribution < 1.29 is 4.74 Å². The van der Waals surface area contributed by atoms with Gasteiger partial charge in [0.2, 0.25) is 5.88 Å². The van der Waals surface area contributed by atoms with Crippen molar-refractivity contribution in [2.45, 2.75) is 0 Å². The molecule has 0 aliphatic rings. The zero-order valence-corrected chi connectivity index (χ0v) is 7.55. The summed E-state index contributed by atoms with van der Waals surface area (Å²) in [6, 6.07) is 3.66. The van der Waals surface area contributed by atoms with Crippen molar-refractivity contribution in [3.8, 4) is 5.88 Å². The van der Waals surface area contributed by atoms with Crippen LogP contribution < -0.4 is 4.74 Å². The maximum Gasteiger partial charge on any atom is 0.233 e. The third-order valence-corrected chi connectivity index (χ3v) is 1.64. The Morgan fingerprint density at radius 1 is 1.43 bits per heavy atom. The van der Waals surface area contributed by atoms with Crippen LogP contribution in [0.2, 0.25) is 0 Å². The number of nitrogens with zero attached hydrogens (tertiary/aromatic N) is 3. The first-order chi connectivity index (χ1) is 6.90. The monoisotopic (exact) mass is 187 g/mol. The van der Waals surface area contributed by atoms with E-state index in [0.717, 1.165) is 5.52 Å². The first-order valence-corrected chi connectivity index (χ1v) is 4.21. The average molecular weight is 187 g/mol. The molecule has 2 aromatic rings. The first kappa shape index (κ1) is 8.62. The second-order valence-corrected chi connectivity index (χ2v) is 2.65. The van der Waals surface area contributed by atoms with Gasteiger partial charge in [0, 0.05) is 6.20 Å². The van der Waals surface area contributed by atoms with E-state index in [-0.39, 0.29) is 0 Å². The van der Waals surface area contributed by atoms with Crippen LogP contribution in [-0.2, 0) is 0 Å². The third kappa shape index (κ3) is 1.69. The van der Waals surface area contributed by atoms with Crippen LogP contribution in [0, 0.1) is 0 Å². The molecule has 4 heteroatoms. The molecule has 0 amide bonds. The molecule has 0 saturated heterocycles. The van der Waals surface area contributed by atoms with Gasteiger partial charge in [0.25, 0.3) is 0 Å². The summed E-state index contributed by atoms with van der Waals surface area (Å²) in [6.45, 7) is 3.98. The van der Waals surface area contributed by atoms with Gasteiger partial charge < -0.3 is 4.74 Å². The van der Waals surface area contributed by atoms with Crippen molar-refractivity contribution in [3.63, 3.8) is 0 Å². The van der Waals surface area contributed by atoms with Crippen LogP contribution in [-0.4, -0.2) is 21.6 Å². The van der Waals surface area contributed by atoms with Crippen LogP contribution in [0.25, 0.3) is 11.2 Å². The zero-order valence-electron chi connectivity index (χ0n) is 7.55. The van der Waals surface area contributed by atoms with Crippen molar-refractivity contribution in [1.29, 1.82) is 0 Å². The van der Waals surface area contributed by atoms with E-state index in [1.807, 2.05) is 12.1 Å². The van der Waals surface area contributed by atoms with Crippen LogP contribution in [0.4, 0.5) is 0 Å². The SMILES string of the molecule is C=CCOc1cnc2ncccc2n1. The summed E-state index contributed by atoms with van der Waals surface area (Å²) in [7, 11) is 0. The van der Waals surface area contributed by atoms with Gasteiger partial charge in [-0.2, -0.15) is 0 Å². The number of fused-ring (bicyclic) bond motifs is 1. The van der Waals surface area contributed by atoms with Gasteiger partial charge in [-0.15, -0.1) is 0 Å². The number of ether oxygens (including phenoxy) is 1. The lowest BCUT2D eigenvalue weighted by Crippen LogP contribution is -1.97. The average Bonchev–Trinajstić information content (AvgIpc) is 2.26. The molecule has 0 N–H and O–H groups in total. The molecular weight excluding hydrogens is 178 g/mol. The standard InChI is InChI=1S/C10H9N3O/c1-2-6-14-9-7-12-10-8(13-9)4-3-5-11-10/h2-5,7H,1,6H2. The summed E-state index contributed by atoms with van der Waals surface area (Å²) >= 11 is 0. The fourth-order valence-electron chi connectivity index (χ4n) is 1.05. The van der Waals surface area contributed by atoms with E-state index in [0.29, 0.717) is 18.1 Å². The molecule has 2 rings (SSSR count). The van der Waals surface area contributed by atoms with Gasteiger partial charge in [0.15, 0.2) is 5.65 Å². The van der Waals surface area contributed by atoms with Crippen molar-refractivity contribution in [2.75, 3.05) is 6.61 Å². The lowest BCUT2D eigenvalue weighted by Gasteiger charge is -2.01. The molecule has 0 saturated carbocycles. The molecule has 2 aromatic heterocycles. The smallest absolute Gasteiger partial charge is 0.233 e. The molecule has 0 atom stereocenters. The highest BCUT2D eigenvalue weighted by atomic mass is 16.5. The quantitative estimate of drug-likeness (QED) is 0.684. The van der Waals surface area contributed by atoms with Gasteiger partial charge in [0.05, 0.1) is 6.20 Å². The summed E-state index contributed by atoms with van der Waals surface area (Å²) in [4.78, 5) is 12.4. The van der Waals surface area contributed by atoms with E-state index in [2.05, 4.69) is 21.5 Å². The summed E-state index contributed by atoms with van der Waals surface area (Å²) in [5, 5.41) is 0. The minimum absolute atomic E-state index is 0.431. The van der Waals surface area contributed by atoms with Crippen LogP contribution in [0.15, 0.2) is 37.2 Å². The molecule has 0 unspecified atom stereocenters. The molecule has 0 bridgehead atoms. The van der Waals surface area contributed by atoms with E-state index < -0.39 is 0 Å². The maximum atomic E-state index is 5.24. The Morgan fingerprint density at radius 3 is 3.21 bits per heavy atom. The highest BCUT2D eigenvalue weighted by molar-refractivity contribution is 5.69. The molecule has 2 heterocycles. The van der Waals surface area contributed by atoms with Crippen LogP contribution >= 0.6 is 0 Å². The van der Waals surface area contributed by atoms with Crippen molar-refractivity contribution in [1.82, 2.24) is 15.0 Å². The highest BCUT2D eigenvalue weighted by Crippen LogP contribution is 2.10. The van der Waals surface area contributed by atoms with Crippen LogP contribution in [0.5, 0.6) is 5.88 Å². The Morgan fingerprint density at radius 2 is 2.36 bits per heavy atom. The predicted octanol–water partition coefficient (Wildman–Crippen LogP) is 1.59. The largest absolute Gasteiger partial charge is 0.472 e. The number of pyridine rings is 1. The molecule has 4 nitrogen and oxygen atoms in total. The van der Waals surface area contributed by atoms with E-state index in [1.165, 1.54) is 0 Å². The Labute approximate surface area is 81.3 Å². The minimum Gasteiger partial charge on any atom is -0.472 e. The number of hydrogen-bond donors (Lipinski definition) is 0. The second kappa shape index (κ2) is 3.83. The van der Waals surface area contributed by atoms with Crippen LogP contribution in [0.3, 0.4) is 0 Å². The maximum absolute atomic E-state index is 5.24.